The highest BCUT2D eigenvalue weighted by molar-refractivity contribution is 5.95. The third-order valence-corrected chi connectivity index (χ3v) is 3.52. The predicted molar refractivity (Wildman–Crippen MR) is 68.7 cm³/mol. The molecule has 2 heterocycles. The number of oxime groups is 1. The zero-order valence-corrected chi connectivity index (χ0v) is 10.3. The van der Waals surface area contributed by atoms with Crippen molar-refractivity contribution in [2.45, 2.75) is 19.4 Å². The van der Waals surface area contributed by atoms with E-state index in [2.05, 4.69) is 22.0 Å². The van der Waals surface area contributed by atoms with E-state index in [1.807, 2.05) is 6.07 Å². The number of aromatic nitrogens is 1. The minimum absolute atomic E-state index is 0.00459. The van der Waals surface area contributed by atoms with Crippen LogP contribution in [-0.2, 0) is 0 Å². The molecule has 6 nitrogen and oxygen atoms in total. The van der Waals surface area contributed by atoms with E-state index in [0.29, 0.717) is 11.6 Å². The number of pyridine rings is 1. The molecule has 0 spiro atoms. The normalized spacial score (nSPS) is 24.6. The number of rotatable bonds is 3. The van der Waals surface area contributed by atoms with Crippen LogP contribution in [0.25, 0.3) is 0 Å². The monoisotopic (exact) mass is 250 g/mol. The molecule has 0 amide bonds. The fourth-order valence-electron chi connectivity index (χ4n) is 2.37. The first-order valence-corrected chi connectivity index (χ1v) is 5.98. The van der Waals surface area contributed by atoms with E-state index >= 15 is 0 Å². The van der Waals surface area contributed by atoms with Crippen LogP contribution in [0.3, 0.4) is 0 Å². The zero-order chi connectivity index (χ0) is 13.1. The molecule has 0 bridgehead atoms. The Hall–Kier alpha value is -1.82. The third-order valence-electron chi connectivity index (χ3n) is 3.52. The highest BCUT2D eigenvalue weighted by Gasteiger charge is 2.30. The fraction of sp³-hybridized carbons (Fsp3) is 0.500. The molecule has 98 valence electrons. The summed E-state index contributed by atoms with van der Waals surface area (Å²) in [5.41, 5.74) is 6.85. The third kappa shape index (κ3) is 2.24. The topological polar surface area (TPSA) is 95.0 Å². The highest BCUT2D eigenvalue weighted by atomic mass is 16.4. The van der Waals surface area contributed by atoms with Crippen LogP contribution in [0.15, 0.2) is 23.5 Å². The first-order valence-electron chi connectivity index (χ1n) is 5.98. The van der Waals surface area contributed by atoms with Crippen molar-refractivity contribution in [2.24, 2.45) is 16.8 Å². The number of hydrogen-bond donors (Lipinski definition) is 3. The molecule has 0 radical (unpaired) electrons. The molecular weight excluding hydrogens is 232 g/mol. The van der Waals surface area contributed by atoms with Crippen molar-refractivity contribution in [3.8, 4) is 0 Å². The number of nitrogens with two attached hydrogens (primary N) is 1. The summed E-state index contributed by atoms with van der Waals surface area (Å²) in [4.78, 5) is 6.30. The van der Waals surface area contributed by atoms with Gasteiger partial charge in [-0.1, -0.05) is 12.1 Å². The fourth-order valence-corrected chi connectivity index (χ4v) is 2.37. The first kappa shape index (κ1) is 12.6. The maximum Gasteiger partial charge on any atom is 0.188 e. The maximum absolute atomic E-state index is 9.41. The largest absolute Gasteiger partial charge is 0.409 e. The van der Waals surface area contributed by atoms with Gasteiger partial charge in [0.2, 0.25) is 0 Å². The van der Waals surface area contributed by atoms with Crippen molar-refractivity contribution in [2.75, 3.05) is 18.1 Å². The van der Waals surface area contributed by atoms with Crippen molar-refractivity contribution in [1.82, 2.24) is 4.98 Å². The number of hydrogen-bond acceptors (Lipinski definition) is 5. The van der Waals surface area contributed by atoms with Gasteiger partial charge < -0.3 is 20.9 Å². The standard InChI is InChI=1S/C12H18N4O2/c1-8-4-5-16(11(8)7-17)9-2-3-10(14-6-9)12(13)15-18/h2-3,6,8,11,17-18H,4-5,7H2,1H3,(H2,13,15). The number of nitrogens with zero attached hydrogens (tertiary/aromatic N) is 3. The molecule has 6 heteroatoms. The Bertz CT molecular complexity index is 432. The number of aliphatic hydroxyl groups is 1. The van der Waals surface area contributed by atoms with Crippen molar-refractivity contribution in [3.63, 3.8) is 0 Å². The Labute approximate surface area is 106 Å². The summed E-state index contributed by atoms with van der Waals surface area (Å²) in [6.45, 7) is 3.19. The molecule has 1 aromatic heterocycles. The molecule has 1 aliphatic heterocycles. The van der Waals surface area contributed by atoms with E-state index in [1.54, 1.807) is 12.3 Å². The predicted octanol–water partition coefficient (Wildman–Crippen LogP) is 0.383. The van der Waals surface area contributed by atoms with E-state index in [4.69, 9.17) is 10.9 Å². The average molecular weight is 250 g/mol. The van der Waals surface area contributed by atoms with Crippen molar-refractivity contribution >= 4 is 11.5 Å². The molecule has 4 N–H and O–H groups in total. The second kappa shape index (κ2) is 5.22. The molecule has 2 unspecified atom stereocenters. The number of amidine groups is 1. The van der Waals surface area contributed by atoms with E-state index in [9.17, 15) is 5.11 Å². The SMILES string of the molecule is CC1CCN(c2ccc(/C(N)=N/O)nc2)C1CO. The van der Waals surface area contributed by atoms with Crippen LogP contribution >= 0.6 is 0 Å². The van der Waals surface area contributed by atoms with Gasteiger partial charge in [-0.25, -0.2) is 0 Å². The van der Waals surface area contributed by atoms with Gasteiger partial charge in [0.1, 0.15) is 5.69 Å². The van der Waals surface area contributed by atoms with Gasteiger partial charge in [0.05, 0.1) is 24.5 Å². The van der Waals surface area contributed by atoms with Crippen LogP contribution in [0, 0.1) is 5.92 Å². The van der Waals surface area contributed by atoms with Crippen molar-refractivity contribution < 1.29 is 10.3 Å². The summed E-state index contributed by atoms with van der Waals surface area (Å²) in [6.07, 6.45) is 2.75. The van der Waals surface area contributed by atoms with Gasteiger partial charge in [-0.15, -0.1) is 0 Å². The van der Waals surface area contributed by atoms with Gasteiger partial charge >= 0.3 is 0 Å². The summed E-state index contributed by atoms with van der Waals surface area (Å²) >= 11 is 0. The van der Waals surface area contributed by atoms with Crippen LogP contribution in [0.4, 0.5) is 5.69 Å². The van der Waals surface area contributed by atoms with Gasteiger partial charge in [0, 0.05) is 6.54 Å². The van der Waals surface area contributed by atoms with Gasteiger partial charge in [-0.3, -0.25) is 4.98 Å². The van der Waals surface area contributed by atoms with Gasteiger partial charge in [0.15, 0.2) is 5.84 Å². The smallest absolute Gasteiger partial charge is 0.188 e. The quantitative estimate of drug-likeness (QED) is 0.312. The Morgan fingerprint density at radius 1 is 1.61 bits per heavy atom. The van der Waals surface area contributed by atoms with E-state index < -0.39 is 0 Å². The molecular formula is C12H18N4O2. The van der Waals surface area contributed by atoms with E-state index in [-0.39, 0.29) is 18.5 Å². The summed E-state index contributed by atoms with van der Waals surface area (Å²) < 4.78 is 0. The van der Waals surface area contributed by atoms with E-state index in [0.717, 1.165) is 18.7 Å². The summed E-state index contributed by atoms with van der Waals surface area (Å²) in [7, 11) is 0. The lowest BCUT2D eigenvalue weighted by Gasteiger charge is -2.27. The van der Waals surface area contributed by atoms with Gasteiger partial charge in [-0.05, 0) is 24.5 Å². The molecule has 18 heavy (non-hydrogen) atoms. The van der Waals surface area contributed by atoms with Gasteiger partial charge in [0.25, 0.3) is 0 Å². The Balaban J connectivity index is 2.19. The summed E-state index contributed by atoms with van der Waals surface area (Å²) in [5.74, 6) is 0.466. The molecule has 1 fully saturated rings. The number of anilines is 1. The molecule has 0 aliphatic carbocycles. The van der Waals surface area contributed by atoms with Crippen LogP contribution in [0.2, 0.25) is 0 Å². The summed E-state index contributed by atoms with van der Waals surface area (Å²) in [5, 5.41) is 20.9. The molecule has 2 rings (SSSR count). The lowest BCUT2D eigenvalue weighted by Crippen LogP contribution is -2.35. The Kier molecular flexibility index (Phi) is 3.66. The molecule has 1 saturated heterocycles. The lowest BCUT2D eigenvalue weighted by atomic mass is 10.0. The summed E-state index contributed by atoms with van der Waals surface area (Å²) in [6, 6.07) is 3.73. The second-order valence-electron chi connectivity index (χ2n) is 4.60. The lowest BCUT2D eigenvalue weighted by molar-refractivity contribution is 0.244. The second-order valence-corrected chi connectivity index (χ2v) is 4.60. The zero-order valence-electron chi connectivity index (χ0n) is 10.3. The van der Waals surface area contributed by atoms with E-state index in [1.165, 1.54) is 0 Å². The van der Waals surface area contributed by atoms with Crippen LogP contribution in [0.5, 0.6) is 0 Å². The minimum atomic E-state index is -0.00459. The molecule has 0 aromatic carbocycles. The van der Waals surface area contributed by atoms with Crippen LogP contribution in [0.1, 0.15) is 19.0 Å². The molecule has 2 atom stereocenters. The van der Waals surface area contributed by atoms with Crippen molar-refractivity contribution in [3.05, 3.63) is 24.0 Å². The number of aliphatic hydroxyl groups excluding tert-OH is 1. The molecule has 0 saturated carbocycles. The average Bonchev–Trinajstić information content (AvgIpc) is 2.79. The van der Waals surface area contributed by atoms with Crippen LogP contribution in [-0.4, -0.2) is 40.3 Å². The van der Waals surface area contributed by atoms with Crippen LogP contribution < -0.4 is 10.6 Å². The Morgan fingerprint density at radius 3 is 2.94 bits per heavy atom. The molecule has 1 aromatic rings. The Morgan fingerprint density at radius 2 is 2.39 bits per heavy atom. The highest BCUT2D eigenvalue weighted by Crippen LogP contribution is 2.28. The first-order chi connectivity index (χ1) is 8.67. The van der Waals surface area contributed by atoms with Crippen molar-refractivity contribution in [1.29, 1.82) is 0 Å². The maximum atomic E-state index is 9.41. The molecule has 1 aliphatic rings. The van der Waals surface area contributed by atoms with Gasteiger partial charge in [-0.2, -0.15) is 0 Å². The minimum Gasteiger partial charge on any atom is -0.409 e.